The molecule has 0 radical (unpaired) electrons. The van der Waals surface area contributed by atoms with Crippen molar-refractivity contribution in [2.75, 3.05) is 12.4 Å². The Morgan fingerprint density at radius 2 is 1.94 bits per heavy atom. The molecule has 0 aromatic heterocycles. The maximum atomic E-state index is 11.8. The van der Waals surface area contributed by atoms with E-state index in [1.54, 1.807) is 19.9 Å². The second-order valence-corrected chi connectivity index (χ2v) is 4.46. The molecule has 0 saturated carbocycles. The van der Waals surface area contributed by atoms with Gasteiger partial charge in [0.15, 0.2) is 0 Å². The molecule has 0 aliphatic rings. The number of nitrogens with one attached hydrogen (secondary N) is 1. The van der Waals surface area contributed by atoms with E-state index in [0.717, 1.165) is 0 Å². The van der Waals surface area contributed by atoms with Gasteiger partial charge in [-0.05, 0) is 32.0 Å². The summed E-state index contributed by atoms with van der Waals surface area (Å²) in [5.74, 6) is -0.541. The van der Waals surface area contributed by atoms with E-state index in [0.29, 0.717) is 11.4 Å². The Kier molecular flexibility index (Phi) is 3.93. The first-order chi connectivity index (χ1) is 8.25. The van der Waals surface area contributed by atoms with Crippen molar-refractivity contribution in [3.63, 3.8) is 0 Å². The number of hydrogen-bond acceptors (Lipinski definition) is 4. The van der Waals surface area contributed by atoms with Crippen LogP contribution in [0.3, 0.4) is 0 Å². The number of carbonyl (C=O) groups is 2. The molecule has 0 aliphatic heterocycles. The smallest absolute Gasteiger partial charge is 0.248 e. The molecule has 0 heterocycles. The quantitative estimate of drug-likeness (QED) is 0.722. The van der Waals surface area contributed by atoms with E-state index < -0.39 is 11.4 Å². The highest BCUT2D eigenvalue weighted by atomic mass is 16.5. The number of primary amides is 1. The average Bonchev–Trinajstić information content (AvgIpc) is 2.27. The van der Waals surface area contributed by atoms with Gasteiger partial charge >= 0.3 is 0 Å². The number of methoxy groups -OCH3 is 1. The number of benzene rings is 1. The van der Waals surface area contributed by atoms with Crippen molar-refractivity contribution in [2.45, 2.75) is 19.4 Å². The van der Waals surface area contributed by atoms with Crippen LogP contribution < -0.4 is 21.5 Å². The number of anilines is 1. The molecule has 5 N–H and O–H groups in total. The molecule has 2 amide bonds. The summed E-state index contributed by atoms with van der Waals surface area (Å²) in [7, 11) is 1.46. The lowest BCUT2D eigenvalue weighted by Crippen LogP contribution is -2.45. The van der Waals surface area contributed by atoms with E-state index in [9.17, 15) is 9.59 Å². The molecule has 1 aromatic rings. The minimum atomic E-state index is -1.03. The minimum absolute atomic E-state index is 0.279. The molecule has 0 fully saturated rings. The van der Waals surface area contributed by atoms with Gasteiger partial charge in [-0.2, -0.15) is 0 Å². The standard InChI is InChI=1S/C12H17N3O3/c1-12(2,14)11(17)15-8-6-7(10(13)16)4-5-9(8)18-3/h4-6H,14H2,1-3H3,(H2,13,16)(H,15,17). The van der Waals surface area contributed by atoms with Gasteiger partial charge in [-0.1, -0.05) is 0 Å². The van der Waals surface area contributed by atoms with E-state index in [4.69, 9.17) is 16.2 Å². The third kappa shape index (κ3) is 3.21. The Hall–Kier alpha value is -2.08. The zero-order chi connectivity index (χ0) is 13.9. The summed E-state index contributed by atoms with van der Waals surface area (Å²) in [6.45, 7) is 3.15. The van der Waals surface area contributed by atoms with E-state index in [2.05, 4.69) is 5.32 Å². The summed E-state index contributed by atoms with van der Waals surface area (Å²) >= 11 is 0. The van der Waals surface area contributed by atoms with Gasteiger partial charge in [0.25, 0.3) is 0 Å². The molecule has 1 rings (SSSR count). The van der Waals surface area contributed by atoms with E-state index in [1.807, 2.05) is 0 Å². The van der Waals surface area contributed by atoms with Crippen LogP contribution in [0.4, 0.5) is 5.69 Å². The van der Waals surface area contributed by atoms with Crippen molar-refractivity contribution in [3.8, 4) is 5.75 Å². The Balaban J connectivity index is 3.09. The molecule has 6 nitrogen and oxygen atoms in total. The topological polar surface area (TPSA) is 107 Å². The van der Waals surface area contributed by atoms with Gasteiger partial charge in [-0.25, -0.2) is 0 Å². The lowest BCUT2D eigenvalue weighted by atomic mass is 10.1. The van der Waals surface area contributed by atoms with Crippen LogP contribution >= 0.6 is 0 Å². The number of hydrogen-bond donors (Lipinski definition) is 3. The normalized spacial score (nSPS) is 10.9. The highest BCUT2D eigenvalue weighted by Crippen LogP contribution is 2.26. The average molecular weight is 251 g/mol. The van der Waals surface area contributed by atoms with Gasteiger partial charge in [-0.15, -0.1) is 0 Å². The number of carbonyl (C=O) groups excluding carboxylic acids is 2. The van der Waals surface area contributed by atoms with E-state index >= 15 is 0 Å². The number of nitrogens with two attached hydrogens (primary N) is 2. The largest absolute Gasteiger partial charge is 0.495 e. The fraction of sp³-hybridized carbons (Fsp3) is 0.333. The first-order valence-corrected chi connectivity index (χ1v) is 5.34. The lowest BCUT2D eigenvalue weighted by Gasteiger charge is -2.19. The van der Waals surface area contributed by atoms with Crippen LogP contribution in [0.15, 0.2) is 18.2 Å². The third-order valence-electron chi connectivity index (χ3n) is 2.32. The molecule has 0 aliphatic carbocycles. The van der Waals surface area contributed by atoms with Crippen molar-refractivity contribution in [2.24, 2.45) is 11.5 Å². The summed E-state index contributed by atoms with van der Waals surface area (Å²) in [6, 6.07) is 4.52. The summed E-state index contributed by atoms with van der Waals surface area (Å²) in [6.07, 6.45) is 0. The summed E-state index contributed by atoms with van der Waals surface area (Å²) in [4.78, 5) is 22.9. The van der Waals surface area contributed by atoms with Gasteiger partial charge in [0, 0.05) is 5.56 Å². The third-order valence-corrected chi connectivity index (χ3v) is 2.32. The van der Waals surface area contributed by atoms with Crippen molar-refractivity contribution in [1.29, 1.82) is 0 Å². The van der Waals surface area contributed by atoms with Crippen LogP contribution in [0.25, 0.3) is 0 Å². The van der Waals surface area contributed by atoms with Crippen LogP contribution in [-0.2, 0) is 4.79 Å². The predicted molar refractivity (Wildman–Crippen MR) is 68.4 cm³/mol. The maximum Gasteiger partial charge on any atom is 0.248 e. The van der Waals surface area contributed by atoms with Crippen LogP contribution in [-0.4, -0.2) is 24.5 Å². The Labute approximate surface area is 105 Å². The summed E-state index contributed by atoms with van der Waals surface area (Å²) in [5, 5.41) is 2.60. The number of ether oxygens (including phenoxy) is 1. The van der Waals surface area contributed by atoms with Gasteiger partial charge < -0.3 is 21.5 Å². The minimum Gasteiger partial charge on any atom is -0.495 e. The number of rotatable bonds is 4. The fourth-order valence-corrected chi connectivity index (χ4v) is 1.24. The summed E-state index contributed by atoms with van der Waals surface area (Å²) < 4.78 is 5.09. The second-order valence-electron chi connectivity index (χ2n) is 4.46. The van der Waals surface area contributed by atoms with Crippen molar-refractivity contribution >= 4 is 17.5 Å². The lowest BCUT2D eigenvalue weighted by molar-refractivity contribution is -0.120. The molecule has 6 heteroatoms. The van der Waals surface area contributed by atoms with Gasteiger partial charge in [-0.3, -0.25) is 9.59 Å². The molecule has 0 bridgehead atoms. The first-order valence-electron chi connectivity index (χ1n) is 5.34. The molecule has 18 heavy (non-hydrogen) atoms. The molecule has 0 unspecified atom stereocenters. The van der Waals surface area contributed by atoms with E-state index in [1.165, 1.54) is 19.2 Å². The molecular weight excluding hydrogens is 234 g/mol. The first kappa shape index (κ1) is 14.0. The number of amides is 2. The van der Waals surface area contributed by atoms with Crippen LogP contribution in [0.5, 0.6) is 5.75 Å². The summed E-state index contributed by atoms with van der Waals surface area (Å²) in [5.41, 5.74) is 10.4. The SMILES string of the molecule is COc1ccc(C(N)=O)cc1NC(=O)C(C)(C)N. The molecule has 1 aromatic carbocycles. The molecular formula is C12H17N3O3. The molecule has 0 spiro atoms. The zero-order valence-electron chi connectivity index (χ0n) is 10.6. The van der Waals surface area contributed by atoms with E-state index in [-0.39, 0.29) is 11.5 Å². The van der Waals surface area contributed by atoms with Crippen molar-refractivity contribution < 1.29 is 14.3 Å². The molecule has 0 atom stereocenters. The molecule has 98 valence electrons. The maximum absolute atomic E-state index is 11.8. The second kappa shape index (κ2) is 5.05. The van der Waals surface area contributed by atoms with Crippen molar-refractivity contribution in [3.05, 3.63) is 23.8 Å². The highest BCUT2D eigenvalue weighted by molar-refractivity contribution is 6.00. The Morgan fingerprint density at radius 1 is 1.33 bits per heavy atom. The predicted octanol–water partition coefficient (Wildman–Crippen LogP) is 0.470. The van der Waals surface area contributed by atoms with Crippen molar-refractivity contribution in [1.82, 2.24) is 0 Å². The Morgan fingerprint density at radius 3 is 2.39 bits per heavy atom. The van der Waals surface area contributed by atoms with Gasteiger partial charge in [0.1, 0.15) is 5.75 Å². The zero-order valence-corrected chi connectivity index (χ0v) is 10.6. The van der Waals surface area contributed by atoms with Crippen LogP contribution in [0, 0.1) is 0 Å². The molecule has 0 saturated heterocycles. The van der Waals surface area contributed by atoms with Gasteiger partial charge in [0.05, 0.1) is 18.3 Å². The monoisotopic (exact) mass is 251 g/mol. The van der Waals surface area contributed by atoms with Gasteiger partial charge in [0.2, 0.25) is 11.8 Å². The fourth-order valence-electron chi connectivity index (χ4n) is 1.24. The van der Waals surface area contributed by atoms with Crippen LogP contribution in [0.1, 0.15) is 24.2 Å². The highest BCUT2D eigenvalue weighted by Gasteiger charge is 2.23. The van der Waals surface area contributed by atoms with Crippen LogP contribution in [0.2, 0.25) is 0 Å². The Bertz CT molecular complexity index is 478.